The number of allylic oxidation sites excluding steroid dienone is 4. The first kappa shape index (κ1) is 10.0. The van der Waals surface area contributed by atoms with E-state index in [1.807, 2.05) is 26.0 Å². The van der Waals surface area contributed by atoms with Crippen molar-refractivity contribution in [2.24, 2.45) is 5.92 Å². The van der Waals surface area contributed by atoms with Crippen molar-refractivity contribution < 1.29 is 4.79 Å². The van der Waals surface area contributed by atoms with Crippen molar-refractivity contribution in [1.29, 1.82) is 0 Å². The summed E-state index contributed by atoms with van der Waals surface area (Å²) in [4.78, 5) is 11.5. The van der Waals surface area contributed by atoms with Gasteiger partial charge < -0.3 is 5.32 Å². The lowest BCUT2D eigenvalue weighted by atomic mass is 10.1. The summed E-state index contributed by atoms with van der Waals surface area (Å²) in [6.45, 7) is 3.98. The molecule has 2 nitrogen and oxygen atoms in total. The standard InChI is InChI=1S/C11H17NO/c1-3-9(2)11(13)12-10-7-5-4-6-8-10/h4-5,7,9H,3,6,8H2,1-2H3,(H,12,13). The van der Waals surface area contributed by atoms with Crippen LogP contribution >= 0.6 is 0 Å². The lowest BCUT2D eigenvalue weighted by Crippen LogP contribution is -2.28. The van der Waals surface area contributed by atoms with Crippen molar-refractivity contribution >= 4 is 5.91 Å². The van der Waals surface area contributed by atoms with Gasteiger partial charge in [0.25, 0.3) is 0 Å². The van der Waals surface area contributed by atoms with Crippen LogP contribution in [0, 0.1) is 5.92 Å². The molecule has 1 N–H and O–H groups in total. The average molecular weight is 179 g/mol. The van der Waals surface area contributed by atoms with Crippen molar-refractivity contribution in [1.82, 2.24) is 5.32 Å². The number of hydrogen-bond donors (Lipinski definition) is 1. The van der Waals surface area contributed by atoms with Gasteiger partial charge in [0.2, 0.25) is 5.91 Å². The monoisotopic (exact) mass is 179 g/mol. The van der Waals surface area contributed by atoms with E-state index in [0.29, 0.717) is 0 Å². The van der Waals surface area contributed by atoms with E-state index in [9.17, 15) is 4.79 Å². The van der Waals surface area contributed by atoms with Gasteiger partial charge in [0.05, 0.1) is 0 Å². The molecule has 1 unspecified atom stereocenters. The second-order valence-electron chi connectivity index (χ2n) is 3.46. The second kappa shape index (κ2) is 4.85. The third-order valence-corrected chi connectivity index (χ3v) is 2.36. The average Bonchev–Trinajstić information content (AvgIpc) is 2.18. The molecular formula is C11H17NO. The Labute approximate surface area is 79.7 Å². The van der Waals surface area contributed by atoms with Gasteiger partial charge >= 0.3 is 0 Å². The Morgan fingerprint density at radius 3 is 3.00 bits per heavy atom. The predicted molar refractivity (Wildman–Crippen MR) is 54.1 cm³/mol. The summed E-state index contributed by atoms with van der Waals surface area (Å²) < 4.78 is 0. The topological polar surface area (TPSA) is 29.1 Å². The van der Waals surface area contributed by atoms with Crippen LogP contribution in [0.4, 0.5) is 0 Å². The van der Waals surface area contributed by atoms with E-state index in [1.54, 1.807) is 0 Å². The van der Waals surface area contributed by atoms with E-state index < -0.39 is 0 Å². The molecule has 0 aliphatic heterocycles. The normalized spacial score (nSPS) is 17.8. The lowest BCUT2D eigenvalue weighted by molar-refractivity contribution is -0.123. The molecule has 0 aromatic heterocycles. The molecule has 72 valence electrons. The zero-order chi connectivity index (χ0) is 9.68. The van der Waals surface area contributed by atoms with Crippen molar-refractivity contribution in [3.8, 4) is 0 Å². The van der Waals surface area contributed by atoms with E-state index in [4.69, 9.17) is 0 Å². The summed E-state index contributed by atoms with van der Waals surface area (Å²) in [6.07, 6.45) is 8.97. The van der Waals surface area contributed by atoms with Crippen molar-refractivity contribution in [3.05, 3.63) is 23.9 Å². The van der Waals surface area contributed by atoms with Gasteiger partial charge in [-0.05, 0) is 25.3 Å². The van der Waals surface area contributed by atoms with Gasteiger partial charge in [0.1, 0.15) is 0 Å². The summed E-state index contributed by atoms with van der Waals surface area (Å²) in [7, 11) is 0. The first-order chi connectivity index (χ1) is 6.24. The highest BCUT2D eigenvalue weighted by Crippen LogP contribution is 2.10. The molecule has 0 bridgehead atoms. The Bertz CT molecular complexity index is 240. The maximum Gasteiger partial charge on any atom is 0.226 e. The van der Waals surface area contributed by atoms with E-state index in [0.717, 1.165) is 25.0 Å². The van der Waals surface area contributed by atoms with Crippen LogP contribution in [0.5, 0.6) is 0 Å². The molecule has 1 aliphatic rings. The number of carbonyl (C=O) groups is 1. The van der Waals surface area contributed by atoms with Crippen LogP contribution < -0.4 is 5.32 Å². The third kappa shape index (κ3) is 3.05. The molecule has 0 heterocycles. The first-order valence-electron chi connectivity index (χ1n) is 4.90. The van der Waals surface area contributed by atoms with Crippen molar-refractivity contribution in [2.75, 3.05) is 0 Å². The summed E-state index contributed by atoms with van der Waals surface area (Å²) in [5.74, 6) is 0.260. The maximum absolute atomic E-state index is 11.5. The minimum Gasteiger partial charge on any atom is -0.330 e. The van der Waals surface area contributed by atoms with Crippen molar-refractivity contribution in [3.63, 3.8) is 0 Å². The zero-order valence-corrected chi connectivity index (χ0v) is 8.34. The Balaban J connectivity index is 2.44. The van der Waals surface area contributed by atoms with E-state index in [1.165, 1.54) is 0 Å². The minimum absolute atomic E-state index is 0.117. The van der Waals surface area contributed by atoms with Crippen LogP contribution in [-0.4, -0.2) is 5.91 Å². The Hall–Kier alpha value is -1.05. The van der Waals surface area contributed by atoms with Gasteiger partial charge in [0.15, 0.2) is 0 Å². The maximum atomic E-state index is 11.5. The molecule has 0 spiro atoms. The number of amides is 1. The number of rotatable bonds is 3. The van der Waals surface area contributed by atoms with E-state index >= 15 is 0 Å². The molecular weight excluding hydrogens is 162 g/mol. The second-order valence-corrected chi connectivity index (χ2v) is 3.46. The molecule has 0 fully saturated rings. The molecule has 0 aromatic rings. The molecule has 0 saturated heterocycles. The van der Waals surface area contributed by atoms with Gasteiger partial charge in [-0.1, -0.05) is 26.0 Å². The molecule has 1 rings (SSSR count). The summed E-state index contributed by atoms with van der Waals surface area (Å²) in [5, 5.41) is 2.94. The molecule has 0 radical (unpaired) electrons. The van der Waals surface area contributed by atoms with Gasteiger partial charge in [-0.15, -0.1) is 0 Å². The predicted octanol–water partition coefficient (Wildman–Crippen LogP) is 2.38. The third-order valence-electron chi connectivity index (χ3n) is 2.36. The largest absolute Gasteiger partial charge is 0.330 e. The SMILES string of the molecule is CCC(C)C(=O)NC1=CC=CCC1. The Kier molecular flexibility index (Phi) is 3.74. The summed E-state index contributed by atoms with van der Waals surface area (Å²) in [6, 6.07) is 0. The zero-order valence-electron chi connectivity index (χ0n) is 8.34. The Morgan fingerprint density at radius 2 is 2.46 bits per heavy atom. The van der Waals surface area contributed by atoms with Crippen LogP contribution in [0.3, 0.4) is 0 Å². The molecule has 0 saturated carbocycles. The van der Waals surface area contributed by atoms with Gasteiger partial charge in [-0.3, -0.25) is 4.79 Å². The fourth-order valence-corrected chi connectivity index (χ4v) is 1.17. The van der Waals surface area contributed by atoms with E-state index in [-0.39, 0.29) is 11.8 Å². The molecule has 1 atom stereocenters. The van der Waals surface area contributed by atoms with Crippen molar-refractivity contribution in [2.45, 2.75) is 33.1 Å². The minimum atomic E-state index is 0.117. The van der Waals surface area contributed by atoms with Crippen LogP contribution in [0.2, 0.25) is 0 Å². The highest BCUT2D eigenvalue weighted by Gasteiger charge is 2.11. The number of carbonyl (C=O) groups excluding carboxylic acids is 1. The summed E-state index contributed by atoms with van der Waals surface area (Å²) >= 11 is 0. The van der Waals surface area contributed by atoms with Crippen LogP contribution in [0.15, 0.2) is 23.9 Å². The fourth-order valence-electron chi connectivity index (χ4n) is 1.17. The molecule has 1 amide bonds. The summed E-state index contributed by atoms with van der Waals surface area (Å²) in [5.41, 5.74) is 1.05. The first-order valence-corrected chi connectivity index (χ1v) is 4.90. The highest BCUT2D eigenvalue weighted by molar-refractivity contribution is 5.80. The van der Waals surface area contributed by atoms with E-state index in [2.05, 4.69) is 11.4 Å². The van der Waals surface area contributed by atoms with Crippen LogP contribution in [0.25, 0.3) is 0 Å². The Morgan fingerprint density at radius 1 is 1.69 bits per heavy atom. The van der Waals surface area contributed by atoms with Crippen LogP contribution in [0.1, 0.15) is 33.1 Å². The smallest absolute Gasteiger partial charge is 0.226 e. The molecule has 2 heteroatoms. The quantitative estimate of drug-likeness (QED) is 0.708. The van der Waals surface area contributed by atoms with Gasteiger partial charge in [0, 0.05) is 11.6 Å². The molecule has 13 heavy (non-hydrogen) atoms. The highest BCUT2D eigenvalue weighted by atomic mass is 16.1. The van der Waals surface area contributed by atoms with Gasteiger partial charge in [-0.2, -0.15) is 0 Å². The fraction of sp³-hybridized carbons (Fsp3) is 0.545. The number of nitrogens with one attached hydrogen (secondary N) is 1. The molecule has 0 aromatic carbocycles. The lowest BCUT2D eigenvalue weighted by Gasteiger charge is -2.13. The number of hydrogen-bond acceptors (Lipinski definition) is 1. The van der Waals surface area contributed by atoms with Gasteiger partial charge in [-0.25, -0.2) is 0 Å². The van der Waals surface area contributed by atoms with Crippen LogP contribution in [-0.2, 0) is 4.79 Å². The molecule has 1 aliphatic carbocycles.